The molecule has 18 heteroatoms. The van der Waals surface area contributed by atoms with Crippen LogP contribution in [0.15, 0.2) is 17.1 Å². The van der Waals surface area contributed by atoms with Gasteiger partial charge in [0.2, 0.25) is 11.8 Å². The van der Waals surface area contributed by atoms with Gasteiger partial charge in [-0.2, -0.15) is 4.98 Å². The van der Waals surface area contributed by atoms with E-state index in [9.17, 15) is 34.8 Å². The van der Waals surface area contributed by atoms with Crippen LogP contribution in [0, 0.1) is 0 Å². The smallest absolute Gasteiger partial charge is 0.349 e. The quantitative estimate of drug-likeness (QED) is 0.0992. The first-order chi connectivity index (χ1) is 19.8. The average Bonchev–Trinajstić information content (AvgIpc) is 2.94. The Hall–Kier alpha value is -2.78. The molecule has 1 saturated heterocycles. The van der Waals surface area contributed by atoms with E-state index < -0.39 is 78.7 Å². The van der Waals surface area contributed by atoms with E-state index in [0.29, 0.717) is 19.4 Å². The molecule has 0 spiro atoms. The number of ether oxygens (including phenoxy) is 2. The summed E-state index contributed by atoms with van der Waals surface area (Å²) in [5, 5.41) is 46.6. The minimum atomic E-state index is -1.49. The number of nitrogen functional groups attached to an aromatic ring is 1. The molecule has 11 atom stereocenters. The summed E-state index contributed by atoms with van der Waals surface area (Å²) in [5.41, 5.74) is 28.5. The minimum absolute atomic E-state index is 0.0626. The number of carbonyl (C=O) groups excluding carboxylic acids is 2. The van der Waals surface area contributed by atoms with Gasteiger partial charge in [-0.15, -0.1) is 0 Å². The first kappa shape index (κ1) is 33.7. The van der Waals surface area contributed by atoms with E-state index in [0.717, 1.165) is 4.57 Å². The Morgan fingerprint density at radius 2 is 1.79 bits per heavy atom. The van der Waals surface area contributed by atoms with Crippen molar-refractivity contribution < 1.29 is 39.5 Å². The van der Waals surface area contributed by atoms with Crippen LogP contribution < -0.4 is 45.0 Å². The van der Waals surface area contributed by atoms with Crippen molar-refractivity contribution in [2.75, 3.05) is 18.8 Å². The van der Waals surface area contributed by atoms with Crippen molar-refractivity contribution in [3.8, 4) is 0 Å². The van der Waals surface area contributed by atoms with Crippen LogP contribution in [0.1, 0.15) is 25.7 Å². The Kier molecular flexibility index (Phi) is 12.1. The number of amides is 2. The highest BCUT2D eigenvalue weighted by atomic mass is 16.7. The van der Waals surface area contributed by atoms with Crippen LogP contribution in [-0.4, -0.2) is 122 Å². The van der Waals surface area contributed by atoms with E-state index in [1.54, 1.807) is 0 Å². The molecule has 1 aromatic heterocycles. The Morgan fingerprint density at radius 1 is 1.07 bits per heavy atom. The average molecular weight is 602 g/mol. The zero-order valence-corrected chi connectivity index (χ0v) is 23.1. The summed E-state index contributed by atoms with van der Waals surface area (Å²) in [5.74, 6) is -0.859. The van der Waals surface area contributed by atoms with Crippen LogP contribution >= 0.6 is 0 Å². The lowest BCUT2D eigenvalue weighted by Crippen LogP contribution is -2.67. The Morgan fingerprint density at radius 3 is 2.48 bits per heavy atom. The molecule has 1 aliphatic heterocycles. The molecule has 0 bridgehead atoms. The zero-order chi connectivity index (χ0) is 31.1. The first-order valence-electron chi connectivity index (χ1n) is 13.7. The number of aliphatic hydroxyl groups excluding tert-OH is 4. The highest BCUT2D eigenvalue weighted by Gasteiger charge is 2.48. The van der Waals surface area contributed by atoms with Crippen LogP contribution in [0.3, 0.4) is 0 Å². The van der Waals surface area contributed by atoms with Gasteiger partial charge in [0.25, 0.3) is 0 Å². The van der Waals surface area contributed by atoms with Crippen LogP contribution in [0.4, 0.5) is 5.82 Å². The maximum absolute atomic E-state index is 12.5. The summed E-state index contributed by atoms with van der Waals surface area (Å²) in [6.45, 7) is -0.146. The topological polar surface area (TPSA) is 323 Å². The van der Waals surface area contributed by atoms with Gasteiger partial charge >= 0.3 is 5.69 Å². The van der Waals surface area contributed by atoms with E-state index >= 15 is 0 Å². The molecular formula is C24H43N9O9. The second-order valence-electron chi connectivity index (χ2n) is 10.7. The number of aromatic nitrogens is 2. The lowest BCUT2D eigenvalue weighted by atomic mass is 9.84. The molecule has 238 valence electrons. The molecule has 16 N–H and O–H groups in total. The maximum Gasteiger partial charge on any atom is 0.349 e. The number of aliphatic hydroxyl groups is 4. The number of nitrogens with two attached hydrogens (primary N) is 5. The van der Waals surface area contributed by atoms with E-state index in [4.69, 9.17) is 38.1 Å². The van der Waals surface area contributed by atoms with Gasteiger partial charge in [0.05, 0.1) is 18.2 Å². The lowest BCUT2D eigenvalue weighted by molar-refractivity contribution is -0.288. The predicted octanol–water partition coefficient (Wildman–Crippen LogP) is -6.51. The van der Waals surface area contributed by atoms with E-state index in [1.807, 2.05) is 0 Å². The van der Waals surface area contributed by atoms with Crippen LogP contribution in [0.5, 0.6) is 0 Å². The molecule has 2 fully saturated rings. The normalized spacial score (nSPS) is 34.0. The zero-order valence-electron chi connectivity index (χ0n) is 23.1. The van der Waals surface area contributed by atoms with Crippen LogP contribution in [0.2, 0.25) is 0 Å². The number of hydrogen-bond acceptors (Lipinski definition) is 15. The largest absolute Gasteiger partial charge is 0.389 e. The van der Waals surface area contributed by atoms with Crippen molar-refractivity contribution in [2.24, 2.45) is 22.9 Å². The van der Waals surface area contributed by atoms with Gasteiger partial charge < -0.3 is 69.2 Å². The number of rotatable bonds is 12. The van der Waals surface area contributed by atoms with Gasteiger partial charge in [-0.05, 0) is 31.7 Å². The Bertz CT molecular complexity index is 1110. The number of nitrogens with one attached hydrogen (secondary N) is 2. The fourth-order valence-electron chi connectivity index (χ4n) is 4.82. The van der Waals surface area contributed by atoms with Gasteiger partial charge in [0, 0.05) is 31.4 Å². The molecule has 2 aliphatic rings. The fraction of sp³-hybridized carbons (Fsp3) is 0.750. The predicted molar refractivity (Wildman–Crippen MR) is 147 cm³/mol. The number of unbranched alkanes of at least 4 members (excludes halogenated alkanes) is 1. The molecule has 3 rings (SSSR count). The van der Waals surface area contributed by atoms with Crippen molar-refractivity contribution in [1.82, 2.24) is 20.2 Å². The third-order valence-corrected chi connectivity index (χ3v) is 7.42. The molecule has 1 saturated carbocycles. The second-order valence-corrected chi connectivity index (χ2v) is 10.7. The van der Waals surface area contributed by atoms with E-state index in [2.05, 4.69) is 15.6 Å². The van der Waals surface area contributed by atoms with E-state index in [-0.39, 0.29) is 37.7 Å². The number of nitrogens with zero attached hydrogens (tertiary/aromatic N) is 2. The molecule has 2 heterocycles. The molecule has 1 aliphatic carbocycles. The van der Waals surface area contributed by atoms with Gasteiger partial charge in [-0.1, -0.05) is 0 Å². The number of anilines is 1. The second kappa shape index (κ2) is 15.1. The molecule has 0 unspecified atom stereocenters. The molecule has 42 heavy (non-hydrogen) atoms. The summed E-state index contributed by atoms with van der Waals surface area (Å²) >= 11 is 0. The maximum atomic E-state index is 12.5. The summed E-state index contributed by atoms with van der Waals surface area (Å²) in [4.78, 5) is 39.8. The highest BCUT2D eigenvalue weighted by Crippen LogP contribution is 2.27. The third-order valence-electron chi connectivity index (χ3n) is 7.42. The van der Waals surface area contributed by atoms with E-state index in [1.165, 1.54) is 12.3 Å². The van der Waals surface area contributed by atoms with Crippen LogP contribution in [0.25, 0.3) is 0 Å². The van der Waals surface area contributed by atoms with Gasteiger partial charge in [-0.3, -0.25) is 14.2 Å². The van der Waals surface area contributed by atoms with Crippen molar-refractivity contribution in [2.45, 2.75) is 99.3 Å². The Labute approximate surface area is 241 Å². The first-order valence-corrected chi connectivity index (χ1v) is 13.7. The fourth-order valence-corrected chi connectivity index (χ4v) is 4.82. The van der Waals surface area contributed by atoms with Gasteiger partial charge in [0.1, 0.15) is 42.9 Å². The monoisotopic (exact) mass is 601 g/mol. The lowest BCUT2D eigenvalue weighted by Gasteiger charge is -2.45. The summed E-state index contributed by atoms with van der Waals surface area (Å²) in [6.07, 6.45) is -6.41. The molecule has 18 nitrogen and oxygen atoms in total. The van der Waals surface area contributed by atoms with Crippen LogP contribution in [-0.2, 0) is 25.6 Å². The highest BCUT2D eigenvalue weighted by molar-refractivity contribution is 5.81. The molecule has 1 aromatic rings. The third kappa shape index (κ3) is 8.63. The van der Waals surface area contributed by atoms with Gasteiger partial charge in [-0.25, -0.2) is 4.79 Å². The Balaban J connectivity index is 1.40. The molecule has 0 aromatic carbocycles. The van der Waals surface area contributed by atoms with Gasteiger partial charge in [0.15, 0.2) is 6.29 Å². The van der Waals surface area contributed by atoms with Crippen molar-refractivity contribution in [3.63, 3.8) is 0 Å². The number of carbonyl (C=O) groups is 2. The van der Waals surface area contributed by atoms with Crippen molar-refractivity contribution in [3.05, 3.63) is 22.7 Å². The van der Waals surface area contributed by atoms with Crippen molar-refractivity contribution in [1.29, 1.82) is 0 Å². The molecule has 0 radical (unpaired) electrons. The molecule has 2 amide bonds. The summed E-state index contributed by atoms with van der Waals surface area (Å²) < 4.78 is 12.5. The minimum Gasteiger partial charge on any atom is -0.389 e. The molecular weight excluding hydrogens is 558 g/mol. The SMILES string of the molecule is Nc1ccn(CC(=O)NCCCC[C@H](N)C(=O)NC[C@H]2O[C@H](O[C@H]3[C@H](O)[C@@H](O)[C@H](N)C[C@@H]3N)[C@H](N)[C@@H](O)[C@@H]2O)c(=O)n1. The summed E-state index contributed by atoms with van der Waals surface area (Å²) in [6, 6.07) is -2.22. The summed E-state index contributed by atoms with van der Waals surface area (Å²) in [7, 11) is 0. The van der Waals surface area contributed by atoms with Crippen molar-refractivity contribution >= 4 is 17.6 Å². The number of hydrogen-bond donors (Lipinski definition) is 11. The standard InChI is InChI=1S/C24H43N9O9/c25-10(3-1-2-5-30-15(34)9-33-6-4-14(28)32-24(33)40)22(39)31-8-13-18(36)19(37)16(29)23(41-13)42-21-12(27)7-11(26)17(35)20(21)38/h4,6,10-13,16-21,23,35-38H,1-3,5,7-9,25-27,29H2,(H,30,34)(H,31,39)(H2,28,32,40)/t10-,11+,12-,13+,16+,17-,18+,19+,20+,21+,23+/m0/s1.